The van der Waals surface area contributed by atoms with Gasteiger partial charge in [0.15, 0.2) is 11.5 Å². The molecule has 0 aromatic heterocycles. The van der Waals surface area contributed by atoms with Gasteiger partial charge in [-0.25, -0.2) is 10.2 Å². The van der Waals surface area contributed by atoms with Crippen LogP contribution in [-0.4, -0.2) is 39.4 Å². The molecule has 1 amide bonds. The summed E-state index contributed by atoms with van der Waals surface area (Å²) in [6.07, 6.45) is 1.75. The van der Waals surface area contributed by atoms with E-state index in [-0.39, 0.29) is 17.9 Å². The molecule has 8 nitrogen and oxygen atoms in total. The largest absolute Gasteiger partial charge is 0.493 e. The molecule has 0 saturated heterocycles. The van der Waals surface area contributed by atoms with Crippen molar-refractivity contribution in [1.29, 1.82) is 0 Å². The summed E-state index contributed by atoms with van der Waals surface area (Å²) in [4.78, 5) is 24.5. The van der Waals surface area contributed by atoms with E-state index in [1.165, 1.54) is 39.7 Å². The second kappa shape index (κ2) is 11.3. The Kier molecular flexibility index (Phi) is 8.02. The van der Waals surface area contributed by atoms with Crippen molar-refractivity contribution >= 4 is 18.1 Å². The molecule has 0 radical (unpaired) electrons. The average Bonchev–Trinajstić information content (AvgIpc) is 2.84. The third kappa shape index (κ3) is 6.33. The minimum absolute atomic E-state index is 0.214. The van der Waals surface area contributed by atoms with E-state index in [9.17, 15) is 9.59 Å². The lowest BCUT2D eigenvalue weighted by Crippen LogP contribution is -2.19. The Balaban J connectivity index is 1.59. The lowest BCUT2D eigenvalue weighted by atomic mass is 10.1. The van der Waals surface area contributed by atoms with E-state index in [4.69, 9.17) is 18.9 Å². The Morgan fingerprint density at radius 3 is 2.09 bits per heavy atom. The number of hydrogen-bond donors (Lipinski definition) is 1. The van der Waals surface area contributed by atoms with Crippen molar-refractivity contribution in [1.82, 2.24) is 5.43 Å². The SMILES string of the molecule is COc1cc(C(=O)Oc2ccc(C=NNC(=O)Cc3ccccc3)cc2)cc(OC)c1OC. The number of methoxy groups -OCH3 is 3. The quantitative estimate of drug-likeness (QED) is 0.233. The summed E-state index contributed by atoms with van der Waals surface area (Å²) in [5, 5.41) is 3.96. The molecular weight excluding hydrogens is 424 g/mol. The highest BCUT2D eigenvalue weighted by molar-refractivity contribution is 5.93. The van der Waals surface area contributed by atoms with Gasteiger partial charge in [-0.3, -0.25) is 4.79 Å². The molecule has 3 aromatic carbocycles. The fraction of sp³-hybridized carbons (Fsp3) is 0.160. The molecule has 3 rings (SSSR count). The molecule has 0 saturated carbocycles. The molecule has 8 heteroatoms. The van der Waals surface area contributed by atoms with E-state index < -0.39 is 5.97 Å². The van der Waals surface area contributed by atoms with E-state index in [2.05, 4.69) is 10.5 Å². The fourth-order valence-electron chi connectivity index (χ4n) is 2.99. The van der Waals surface area contributed by atoms with Crippen LogP contribution >= 0.6 is 0 Å². The Morgan fingerprint density at radius 1 is 0.879 bits per heavy atom. The molecule has 0 atom stereocenters. The number of amides is 1. The molecule has 0 unspecified atom stereocenters. The van der Waals surface area contributed by atoms with Gasteiger partial charge in [0.25, 0.3) is 0 Å². The van der Waals surface area contributed by atoms with Crippen LogP contribution in [0.3, 0.4) is 0 Å². The summed E-state index contributed by atoms with van der Waals surface area (Å²) in [6.45, 7) is 0. The van der Waals surface area contributed by atoms with Gasteiger partial charge >= 0.3 is 5.97 Å². The number of hydrazone groups is 1. The standard InChI is InChI=1S/C25H24N2O6/c1-30-21-14-19(15-22(31-2)24(21)32-3)25(29)33-20-11-9-18(10-12-20)16-26-27-23(28)13-17-7-5-4-6-8-17/h4-12,14-16H,13H2,1-3H3,(H,27,28). The van der Waals surface area contributed by atoms with Crippen molar-refractivity contribution in [3.05, 3.63) is 83.4 Å². The number of nitrogens with zero attached hydrogens (tertiary/aromatic N) is 1. The highest BCUT2D eigenvalue weighted by atomic mass is 16.5. The third-order valence-electron chi connectivity index (χ3n) is 4.60. The predicted molar refractivity (Wildman–Crippen MR) is 123 cm³/mol. The zero-order valence-electron chi connectivity index (χ0n) is 18.5. The van der Waals surface area contributed by atoms with E-state index in [0.717, 1.165) is 11.1 Å². The minimum Gasteiger partial charge on any atom is -0.493 e. The molecule has 1 N–H and O–H groups in total. The van der Waals surface area contributed by atoms with Gasteiger partial charge < -0.3 is 18.9 Å². The lowest BCUT2D eigenvalue weighted by Gasteiger charge is -2.13. The molecule has 0 aliphatic rings. The Hall–Kier alpha value is -4.33. The molecule has 3 aromatic rings. The monoisotopic (exact) mass is 448 g/mol. The number of hydrogen-bond acceptors (Lipinski definition) is 7. The molecule has 0 aliphatic heterocycles. The highest BCUT2D eigenvalue weighted by Crippen LogP contribution is 2.38. The molecular formula is C25H24N2O6. The van der Waals surface area contributed by atoms with Gasteiger partial charge in [0.1, 0.15) is 5.75 Å². The topological polar surface area (TPSA) is 95.5 Å². The van der Waals surface area contributed by atoms with Gasteiger partial charge in [0, 0.05) is 0 Å². The van der Waals surface area contributed by atoms with Gasteiger partial charge in [-0.15, -0.1) is 0 Å². The number of nitrogens with one attached hydrogen (secondary N) is 1. The summed E-state index contributed by atoms with van der Waals surface area (Å²) in [5.41, 5.74) is 4.37. The third-order valence-corrected chi connectivity index (χ3v) is 4.60. The van der Waals surface area contributed by atoms with Gasteiger partial charge in [-0.05, 0) is 47.5 Å². The van der Waals surface area contributed by atoms with Crippen LogP contribution in [0, 0.1) is 0 Å². The molecule has 0 bridgehead atoms. The maximum Gasteiger partial charge on any atom is 0.343 e. The Morgan fingerprint density at radius 2 is 1.52 bits per heavy atom. The van der Waals surface area contributed by atoms with Crippen LogP contribution in [0.2, 0.25) is 0 Å². The first-order valence-corrected chi connectivity index (χ1v) is 10.0. The summed E-state index contributed by atoms with van der Waals surface area (Å²) in [5.74, 6) is 0.640. The number of carbonyl (C=O) groups excluding carboxylic acids is 2. The minimum atomic E-state index is -0.580. The number of ether oxygens (including phenoxy) is 4. The zero-order valence-corrected chi connectivity index (χ0v) is 18.5. The zero-order chi connectivity index (χ0) is 23.6. The Bertz CT molecular complexity index is 1100. The molecule has 0 spiro atoms. The van der Waals surface area contributed by atoms with Crippen LogP contribution < -0.4 is 24.4 Å². The fourth-order valence-corrected chi connectivity index (χ4v) is 2.99. The summed E-state index contributed by atoms with van der Waals surface area (Å²) in [7, 11) is 4.42. The normalized spacial score (nSPS) is 10.5. The van der Waals surface area contributed by atoms with Crippen molar-refractivity contribution in [2.75, 3.05) is 21.3 Å². The first-order chi connectivity index (χ1) is 16.0. The molecule has 0 fully saturated rings. The number of carbonyl (C=O) groups is 2. The molecule has 33 heavy (non-hydrogen) atoms. The number of benzene rings is 3. The molecule has 0 heterocycles. The van der Waals surface area contributed by atoms with Crippen molar-refractivity contribution < 1.29 is 28.5 Å². The summed E-state index contributed by atoms with van der Waals surface area (Å²) < 4.78 is 21.2. The second-order valence-electron chi connectivity index (χ2n) is 6.83. The lowest BCUT2D eigenvalue weighted by molar-refractivity contribution is -0.120. The van der Waals surface area contributed by atoms with E-state index >= 15 is 0 Å². The Labute approximate surface area is 191 Å². The van der Waals surface area contributed by atoms with Crippen molar-refractivity contribution in [2.24, 2.45) is 5.10 Å². The van der Waals surface area contributed by atoms with Crippen LogP contribution in [0.15, 0.2) is 71.8 Å². The number of esters is 1. The van der Waals surface area contributed by atoms with E-state index in [0.29, 0.717) is 23.0 Å². The van der Waals surface area contributed by atoms with Crippen molar-refractivity contribution in [3.63, 3.8) is 0 Å². The van der Waals surface area contributed by atoms with Crippen molar-refractivity contribution in [3.8, 4) is 23.0 Å². The average molecular weight is 448 g/mol. The first-order valence-electron chi connectivity index (χ1n) is 10.0. The van der Waals surface area contributed by atoms with Crippen LogP contribution in [0.25, 0.3) is 0 Å². The summed E-state index contributed by atoms with van der Waals surface area (Å²) in [6, 6.07) is 19.1. The van der Waals surface area contributed by atoms with Gasteiger partial charge in [-0.2, -0.15) is 5.10 Å². The first kappa shape index (κ1) is 23.3. The maximum atomic E-state index is 12.6. The molecule has 170 valence electrons. The van der Waals surface area contributed by atoms with Gasteiger partial charge in [0.05, 0.1) is 39.5 Å². The van der Waals surface area contributed by atoms with Crippen LogP contribution in [-0.2, 0) is 11.2 Å². The second-order valence-corrected chi connectivity index (χ2v) is 6.83. The highest BCUT2D eigenvalue weighted by Gasteiger charge is 2.18. The van der Waals surface area contributed by atoms with Crippen LogP contribution in [0.5, 0.6) is 23.0 Å². The van der Waals surface area contributed by atoms with E-state index in [1.54, 1.807) is 24.3 Å². The van der Waals surface area contributed by atoms with E-state index in [1.807, 2.05) is 30.3 Å². The van der Waals surface area contributed by atoms with Crippen molar-refractivity contribution in [2.45, 2.75) is 6.42 Å². The molecule has 0 aliphatic carbocycles. The van der Waals surface area contributed by atoms with Crippen LogP contribution in [0.1, 0.15) is 21.5 Å². The maximum absolute atomic E-state index is 12.6. The number of rotatable bonds is 9. The predicted octanol–water partition coefficient (Wildman–Crippen LogP) is 3.62. The van der Waals surface area contributed by atoms with Gasteiger partial charge in [0.2, 0.25) is 11.7 Å². The smallest absolute Gasteiger partial charge is 0.343 e. The van der Waals surface area contributed by atoms with Gasteiger partial charge in [-0.1, -0.05) is 30.3 Å². The summed E-state index contributed by atoms with van der Waals surface area (Å²) >= 11 is 0. The van der Waals surface area contributed by atoms with Crippen LogP contribution in [0.4, 0.5) is 0 Å².